The number of ether oxygens (including phenoxy) is 4. The van der Waals surface area contributed by atoms with E-state index in [-0.39, 0.29) is 25.7 Å². The zero-order valence-electron chi connectivity index (χ0n) is 61.2. The van der Waals surface area contributed by atoms with Gasteiger partial charge in [0.15, 0.2) is 12.2 Å². The van der Waals surface area contributed by atoms with Crippen molar-refractivity contribution in [3.8, 4) is 0 Å². The van der Waals surface area contributed by atoms with E-state index in [0.29, 0.717) is 32.1 Å². The van der Waals surface area contributed by atoms with Gasteiger partial charge in [0, 0.05) is 25.7 Å². The molecular weight excluding hydrogens is 1280 g/mol. The monoisotopic (exact) mass is 1420 g/mol. The average Bonchev–Trinajstić information content (AvgIpc) is 0.985. The van der Waals surface area contributed by atoms with Crippen LogP contribution in [0.4, 0.5) is 0 Å². The molecule has 0 rings (SSSR count). The lowest BCUT2D eigenvalue weighted by atomic mass is 10.0. The van der Waals surface area contributed by atoms with Crippen LogP contribution >= 0.6 is 15.6 Å². The molecule has 5 unspecified atom stereocenters. The van der Waals surface area contributed by atoms with Crippen molar-refractivity contribution in [3.05, 3.63) is 122 Å². The highest BCUT2D eigenvalue weighted by Gasteiger charge is 2.30. The summed E-state index contributed by atoms with van der Waals surface area (Å²) >= 11 is 0. The highest BCUT2D eigenvalue weighted by Crippen LogP contribution is 2.45. The smallest absolute Gasteiger partial charge is 0.462 e. The van der Waals surface area contributed by atoms with Crippen LogP contribution in [0.2, 0.25) is 0 Å². The molecule has 0 amide bonds. The van der Waals surface area contributed by atoms with Crippen LogP contribution in [0.5, 0.6) is 0 Å². The highest BCUT2D eigenvalue weighted by molar-refractivity contribution is 7.47. The van der Waals surface area contributed by atoms with E-state index in [0.717, 1.165) is 148 Å². The van der Waals surface area contributed by atoms with Crippen molar-refractivity contribution >= 4 is 39.5 Å². The molecule has 5 atom stereocenters. The van der Waals surface area contributed by atoms with E-state index in [1.807, 2.05) is 12.2 Å². The SMILES string of the molecule is CC/C=C\C/C=C\C/C=C\C/C=C\C/C=C\CCCC(=O)OCC(COP(=O)(O)OCC(O)COP(=O)(O)OCC(COC(=O)CCCCCC/C=C\C/C=C\C/C=C\C/C=C\CC)OC(=O)CCCCCCCCCCCCCCC)OC(=O)CCCCCCC/C=C\CCCC. The number of hydrogen-bond acceptors (Lipinski definition) is 15. The summed E-state index contributed by atoms with van der Waals surface area (Å²) in [4.78, 5) is 72.8. The number of aliphatic hydroxyl groups excluding tert-OH is 1. The van der Waals surface area contributed by atoms with Crippen LogP contribution in [-0.4, -0.2) is 96.7 Å². The first-order valence-corrected chi connectivity index (χ1v) is 40.8. The normalized spacial score (nSPS) is 14.6. The van der Waals surface area contributed by atoms with E-state index in [1.165, 1.54) is 64.2 Å². The molecule has 0 aromatic heterocycles. The first kappa shape index (κ1) is 93.5. The molecule has 0 fully saturated rings. The Hall–Kier alpha value is -4.54. The molecule has 0 saturated carbocycles. The second kappa shape index (κ2) is 70.9. The molecule has 0 heterocycles. The molecule has 17 nitrogen and oxygen atoms in total. The molecule has 0 radical (unpaired) electrons. The fourth-order valence-electron chi connectivity index (χ4n) is 9.70. The van der Waals surface area contributed by atoms with Gasteiger partial charge in [0.25, 0.3) is 0 Å². The Morgan fingerprint density at radius 3 is 0.898 bits per heavy atom. The fourth-order valence-corrected chi connectivity index (χ4v) is 11.3. The summed E-state index contributed by atoms with van der Waals surface area (Å²) in [5.74, 6) is -2.27. The summed E-state index contributed by atoms with van der Waals surface area (Å²) in [6.07, 6.45) is 76.3. The Morgan fingerprint density at radius 1 is 0.296 bits per heavy atom. The number of aliphatic hydroxyl groups is 1. The van der Waals surface area contributed by atoms with Crippen LogP contribution < -0.4 is 0 Å². The van der Waals surface area contributed by atoms with Gasteiger partial charge in [-0.15, -0.1) is 0 Å². The Bertz CT molecular complexity index is 2340. The molecule has 98 heavy (non-hydrogen) atoms. The predicted octanol–water partition coefficient (Wildman–Crippen LogP) is 21.6. The third kappa shape index (κ3) is 69.9. The van der Waals surface area contributed by atoms with Gasteiger partial charge in [-0.05, 0) is 122 Å². The van der Waals surface area contributed by atoms with Gasteiger partial charge < -0.3 is 33.8 Å². The maximum absolute atomic E-state index is 13.1. The molecule has 0 aromatic carbocycles. The minimum Gasteiger partial charge on any atom is -0.462 e. The molecule has 0 aliphatic heterocycles. The van der Waals surface area contributed by atoms with Crippen molar-refractivity contribution in [1.29, 1.82) is 0 Å². The van der Waals surface area contributed by atoms with Gasteiger partial charge in [0.1, 0.15) is 19.3 Å². The van der Waals surface area contributed by atoms with Crippen molar-refractivity contribution in [2.45, 2.75) is 316 Å². The predicted molar refractivity (Wildman–Crippen MR) is 399 cm³/mol. The number of carbonyl (C=O) groups is 4. The molecule has 562 valence electrons. The Morgan fingerprint density at radius 2 is 0.551 bits per heavy atom. The first-order valence-electron chi connectivity index (χ1n) is 37.8. The molecular formula is C79H134O17P2. The van der Waals surface area contributed by atoms with Crippen LogP contribution in [0.15, 0.2) is 122 Å². The van der Waals surface area contributed by atoms with Crippen LogP contribution in [0.25, 0.3) is 0 Å². The van der Waals surface area contributed by atoms with Gasteiger partial charge in [-0.2, -0.15) is 0 Å². The number of rotatable bonds is 70. The summed E-state index contributed by atoms with van der Waals surface area (Å²) in [5, 5.41) is 10.6. The van der Waals surface area contributed by atoms with Crippen molar-refractivity contribution in [1.82, 2.24) is 0 Å². The van der Waals surface area contributed by atoms with Crippen molar-refractivity contribution in [2.75, 3.05) is 39.6 Å². The minimum absolute atomic E-state index is 0.0701. The lowest BCUT2D eigenvalue weighted by Gasteiger charge is -2.21. The highest BCUT2D eigenvalue weighted by atomic mass is 31.2. The molecule has 19 heteroatoms. The largest absolute Gasteiger partial charge is 0.472 e. The standard InChI is InChI=1S/C79H134O17P2/c1-5-9-13-17-21-25-29-32-34-36-38-41-44-47-51-55-59-63-76(81)89-69-74(95-78(83)65-61-57-53-49-43-28-24-20-16-12-8-4)71-93-97(85,86)91-67-73(80)68-92-98(87,88)94-72-75(96-79(84)66-62-58-54-50-46-40-31-27-23-19-15-11-7-3)70-90-77(82)64-60-56-52-48-45-42-39-37-35-33-30-26-22-18-14-10-6-2/h9-10,13-14,20-22,24-26,32-35,38-39,41-42,47,51,73-75,80H,5-8,11-12,15-19,23,27-31,36-37,40,43-46,48-50,52-72H2,1-4H3,(H,85,86)(H,87,88)/b13-9-,14-10-,24-20-,25-21-,26-22-,34-32-,35-33-,41-38-,42-39-,51-47-. The Balaban J connectivity index is 5.38. The summed E-state index contributed by atoms with van der Waals surface area (Å²) in [7, 11) is -9.97. The number of phosphoric ester groups is 2. The molecule has 0 aliphatic rings. The van der Waals surface area contributed by atoms with Gasteiger partial charge in [0.05, 0.1) is 26.4 Å². The maximum atomic E-state index is 13.1. The lowest BCUT2D eigenvalue weighted by molar-refractivity contribution is -0.161. The van der Waals surface area contributed by atoms with Crippen LogP contribution in [0.1, 0.15) is 297 Å². The summed E-state index contributed by atoms with van der Waals surface area (Å²) in [5.41, 5.74) is 0. The molecule has 0 saturated heterocycles. The third-order valence-electron chi connectivity index (χ3n) is 15.4. The van der Waals surface area contributed by atoms with Crippen molar-refractivity contribution in [3.63, 3.8) is 0 Å². The molecule has 0 aromatic rings. The number of phosphoric acid groups is 2. The van der Waals surface area contributed by atoms with E-state index in [2.05, 4.69) is 137 Å². The summed E-state index contributed by atoms with van der Waals surface area (Å²) < 4.78 is 68.3. The van der Waals surface area contributed by atoms with Gasteiger partial charge in [0.2, 0.25) is 0 Å². The number of unbranched alkanes of at least 4 members (excludes halogenated alkanes) is 24. The third-order valence-corrected chi connectivity index (χ3v) is 17.3. The van der Waals surface area contributed by atoms with Crippen LogP contribution in [0, 0.1) is 0 Å². The zero-order valence-corrected chi connectivity index (χ0v) is 63.0. The first-order chi connectivity index (χ1) is 47.7. The van der Waals surface area contributed by atoms with E-state index >= 15 is 0 Å². The fraction of sp³-hybridized carbons (Fsp3) is 0.696. The quantitative estimate of drug-likeness (QED) is 0.0169. The van der Waals surface area contributed by atoms with E-state index in [4.69, 9.17) is 37.0 Å². The minimum atomic E-state index is -4.99. The van der Waals surface area contributed by atoms with E-state index in [9.17, 15) is 43.2 Å². The molecule has 0 bridgehead atoms. The van der Waals surface area contributed by atoms with E-state index in [1.54, 1.807) is 0 Å². The van der Waals surface area contributed by atoms with Gasteiger partial charge in [-0.25, -0.2) is 9.13 Å². The zero-order chi connectivity index (χ0) is 71.8. The van der Waals surface area contributed by atoms with Gasteiger partial charge >= 0.3 is 39.5 Å². The number of allylic oxidation sites excluding steroid dienone is 20. The molecule has 0 aliphatic carbocycles. The molecule has 3 N–H and O–H groups in total. The Labute approximate surface area is 593 Å². The second-order valence-electron chi connectivity index (χ2n) is 24.8. The van der Waals surface area contributed by atoms with Crippen LogP contribution in [-0.2, 0) is 65.4 Å². The van der Waals surface area contributed by atoms with Gasteiger partial charge in [-0.3, -0.25) is 37.3 Å². The van der Waals surface area contributed by atoms with E-state index < -0.39 is 97.5 Å². The number of esters is 4. The second-order valence-corrected chi connectivity index (χ2v) is 27.7. The van der Waals surface area contributed by atoms with Gasteiger partial charge in [-0.1, -0.05) is 271 Å². The summed E-state index contributed by atoms with van der Waals surface area (Å²) in [6, 6.07) is 0. The summed E-state index contributed by atoms with van der Waals surface area (Å²) in [6.45, 7) is 4.50. The molecule has 0 spiro atoms. The Kier molecular flexibility index (Phi) is 67.6. The topological polar surface area (TPSA) is 237 Å². The van der Waals surface area contributed by atoms with Crippen molar-refractivity contribution < 1.29 is 80.2 Å². The number of carbonyl (C=O) groups excluding carboxylic acids is 4. The number of hydrogen-bond donors (Lipinski definition) is 3. The van der Waals surface area contributed by atoms with Crippen LogP contribution in [0.3, 0.4) is 0 Å². The lowest BCUT2D eigenvalue weighted by Crippen LogP contribution is -2.30. The maximum Gasteiger partial charge on any atom is 0.472 e. The van der Waals surface area contributed by atoms with Crippen molar-refractivity contribution in [2.24, 2.45) is 0 Å². The average molecular weight is 1420 g/mol.